The molecular weight excluding hydrogens is 224 g/mol. The number of likely N-dealkylation sites (N-methyl/N-ethyl adjacent to an activating group) is 1. The molecule has 0 radical (unpaired) electrons. The van der Waals surface area contributed by atoms with Gasteiger partial charge in [-0.3, -0.25) is 0 Å². The molecule has 0 spiro atoms. The summed E-state index contributed by atoms with van der Waals surface area (Å²) in [6.07, 6.45) is 5.44. The largest absolute Gasteiger partial charge is 0.355 e. The Morgan fingerprint density at radius 1 is 1.44 bits per heavy atom. The van der Waals surface area contributed by atoms with Crippen LogP contribution in [0.1, 0.15) is 31.2 Å². The van der Waals surface area contributed by atoms with Gasteiger partial charge in [-0.05, 0) is 33.9 Å². The van der Waals surface area contributed by atoms with Gasteiger partial charge in [-0.15, -0.1) is 0 Å². The van der Waals surface area contributed by atoms with E-state index < -0.39 is 0 Å². The predicted octanol–water partition coefficient (Wildman–Crippen LogP) is 1.88. The van der Waals surface area contributed by atoms with Crippen LogP contribution in [0.2, 0.25) is 0 Å². The van der Waals surface area contributed by atoms with Crippen molar-refractivity contribution in [2.24, 2.45) is 0 Å². The maximum Gasteiger partial charge on any atom is 0.135 e. The zero-order chi connectivity index (χ0) is 13.1. The second kappa shape index (κ2) is 5.65. The van der Waals surface area contributed by atoms with Gasteiger partial charge in [0.15, 0.2) is 0 Å². The van der Waals surface area contributed by atoms with Crippen LogP contribution in [-0.2, 0) is 6.42 Å². The topological polar surface area (TPSA) is 32.3 Å². The number of hydrogen-bond acceptors (Lipinski definition) is 4. The molecule has 0 aromatic carbocycles. The van der Waals surface area contributed by atoms with Crippen LogP contribution in [0.4, 0.5) is 5.82 Å². The SMILES string of the molecule is CCCc1cnc(C)nc1N1CCC(N(C)C)C1. The third kappa shape index (κ3) is 2.80. The highest BCUT2D eigenvalue weighted by Gasteiger charge is 2.26. The Morgan fingerprint density at radius 2 is 2.22 bits per heavy atom. The Balaban J connectivity index is 2.19. The van der Waals surface area contributed by atoms with Crippen LogP contribution in [0.25, 0.3) is 0 Å². The molecule has 1 aromatic heterocycles. The fourth-order valence-electron chi connectivity index (χ4n) is 2.56. The van der Waals surface area contributed by atoms with Gasteiger partial charge in [0.1, 0.15) is 11.6 Å². The molecule has 0 aliphatic carbocycles. The fraction of sp³-hybridized carbons (Fsp3) is 0.714. The summed E-state index contributed by atoms with van der Waals surface area (Å²) in [5.41, 5.74) is 1.29. The molecule has 1 atom stereocenters. The van der Waals surface area contributed by atoms with E-state index in [0.717, 1.165) is 37.6 Å². The van der Waals surface area contributed by atoms with Gasteiger partial charge in [0.2, 0.25) is 0 Å². The van der Waals surface area contributed by atoms with Gasteiger partial charge in [0, 0.05) is 30.9 Å². The molecule has 100 valence electrons. The first-order valence-electron chi connectivity index (χ1n) is 6.85. The Labute approximate surface area is 110 Å². The molecule has 1 saturated heterocycles. The zero-order valence-electron chi connectivity index (χ0n) is 12.0. The van der Waals surface area contributed by atoms with Gasteiger partial charge >= 0.3 is 0 Å². The molecule has 0 saturated carbocycles. The van der Waals surface area contributed by atoms with Crippen LogP contribution in [0.15, 0.2) is 6.20 Å². The maximum absolute atomic E-state index is 4.66. The lowest BCUT2D eigenvalue weighted by Crippen LogP contribution is -2.32. The molecule has 0 amide bonds. The summed E-state index contributed by atoms with van der Waals surface area (Å²) < 4.78 is 0. The number of aryl methyl sites for hydroxylation is 2. The van der Waals surface area contributed by atoms with E-state index in [0.29, 0.717) is 6.04 Å². The molecule has 0 N–H and O–H groups in total. The van der Waals surface area contributed by atoms with Crippen molar-refractivity contribution in [2.45, 2.75) is 39.2 Å². The van der Waals surface area contributed by atoms with Crippen molar-refractivity contribution in [3.8, 4) is 0 Å². The first-order chi connectivity index (χ1) is 8.61. The summed E-state index contributed by atoms with van der Waals surface area (Å²) in [6.45, 7) is 6.37. The van der Waals surface area contributed by atoms with E-state index >= 15 is 0 Å². The highest BCUT2D eigenvalue weighted by Crippen LogP contribution is 2.24. The second-order valence-corrected chi connectivity index (χ2v) is 5.37. The van der Waals surface area contributed by atoms with Crippen molar-refractivity contribution in [1.29, 1.82) is 0 Å². The van der Waals surface area contributed by atoms with Crippen LogP contribution >= 0.6 is 0 Å². The van der Waals surface area contributed by atoms with E-state index in [9.17, 15) is 0 Å². The number of rotatable bonds is 4. The Bertz CT molecular complexity index is 403. The van der Waals surface area contributed by atoms with Gasteiger partial charge in [-0.2, -0.15) is 0 Å². The van der Waals surface area contributed by atoms with Crippen molar-refractivity contribution in [1.82, 2.24) is 14.9 Å². The summed E-state index contributed by atoms with van der Waals surface area (Å²) in [5.74, 6) is 2.03. The number of anilines is 1. The summed E-state index contributed by atoms with van der Waals surface area (Å²) in [6, 6.07) is 0.648. The van der Waals surface area contributed by atoms with Crippen LogP contribution in [0, 0.1) is 6.92 Å². The highest BCUT2D eigenvalue weighted by atomic mass is 15.3. The van der Waals surface area contributed by atoms with Crippen molar-refractivity contribution in [3.05, 3.63) is 17.6 Å². The monoisotopic (exact) mass is 248 g/mol. The molecule has 1 unspecified atom stereocenters. The standard InChI is InChI=1S/C14H24N4/c1-5-6-12-9-15-11(2)16-14(12)18-8-7-13(10-18)17(3)4/h9,13H,5-8,10H2,1-4H3. The summed E-state index contributed by atoms with van der Waals surface area (Å²) in [5, 5.41) is 0. The Kier molecular flexibility index (Phi) is 4.17. The maximum atomic E-state index is 4.66. The van der Waals surface area contributed by atoms with E-state index in [4.69, 9.17) is 0 Å². The minimum atomic E-state index is 0.648. The molecule has 0 bridgehead atoms. The first-order valence-corrected chi connectivity index (χ1v) is 6.85. The van der Waals surface area contributed by atoms with Crippen LogP contribution < -0.4 is 4.90 Å². The smallest absolute Gasteiger partial charge is 0.135 e. The summed E-state index contributed by atoms with van der Waals surface area (Å²) >= 11 is 0. The molecule has 4 nitrogen and oxygen atoms in total. The van der Waals surface area contributed by atoms with Gasteiger partial charge in [-0.1, -0.05) is 13.3 Å². The molecule has 2 heterocycles. The molecule has 1 fully saturated rings. The Hall–Kier alpha value is -1.16. The van der Waals surface area contributed by atoms with Crippen molar-refractivity contribution < 1.29 is 0 Å². The van der Waals surface area contributed by atoms with E-state index in [1.54, 1.807) is 0 Å². The minimum absolute atomic E-state index is 0.648. The predicted molar refractivity (Wildman–Crippen MR) is 75.1 cm³/mol. The molecule has 1 aliphatic rings. The minimum Gasteiger partial charge on any atom is -0.355 e. The molecule has 18 heavy (non-hydrogen) atoms. The molecular formula is C14H24N4. The average molecular weight is 248 g/mol. The van der Waals surface area contributed by atoms with Crippen molar-refractivity contribution in [2.75, 3.05) is 32.1 Å². The van der Waals surface area contributed by atoms with E-state index in [1.165, 1.54) is 12.0 Å². The third-order valence-electron chi connectivity index (χ3n) is 3.67. The number of hydrogen-bond donors (Lipinski definition) is 0. The fourth-order valence-corrected chi connectivity index (χ4v) is 2.56. The second-order valence-electron chi connectivity index (χ2n) is 5.37. The lowest BCUT2D eigenvalue weighted by atomic mass is 10.2. The van der Waals surface area contributed by atoms with Gasteiger partial charge in [-0.25, -0.2) is 9.97 Å². The normalized spacial score (nSPS) is 19.8. The van der Waals surface area contributed by atoms with E-state index in [1.807, 2.05) is 13.1 Å². The summed E-state index contributed by atoms with van der Waals surface area (Å²) in [7, 11) is 4.32. The van der Waals surface area contributed by atoms with Gasteiger partial charge in [0.25, 0.3) is 0 Å². The van der Waals surface area contributed by atoms with E-state index in [-0.39, 0.29) is 0 Å². The van der Waals surface area contributed by atoms with Gasteiger partial charge < -0.3 is 9.80 Å². The van der Waals surface area contributed by atoms with Crippen molar-refractivity contribution >= 4 is 5.82 Å². The number of aromatic nitrogens is 2. The third-order valence-corrected chi connectivity index (χ3v) is 3.67. The van der Waals surface area contributed by atoms with Crippen LogP contribution in [0.5, 0.6) is 0 Å². The lowest BCUT2D eigenvalue weighted by Gasteiger charge is -2.23. The number of nitrogens with zero attached hydrogens (tertiary/aromatic N) is 4. The Morgan fingerprint density at radius 3 is 2.83 bits per heavy atom. The zero-order valence-corrected chi connectivity index (χ0v) is 12.0. The summed E-state index contributed by atoms with van der Waals surface area (Å²) in [4.78, 5) is 13.7. The molecule has 2 rings (SSSR count). The van der Waals surface area contributed by atoms with Crippen LogP contribution in [0.3, 0.4) is 0 Å². The van der Waals surface area contributed by atoms with Gasteiger partial charge in [0.05, 0.1) is 0 Å². The first kappa shape index (κ1) is 13.3. The van der Waals surface area contributed by atoms with Crippen molar-refractivity contribution in [3.63, 3.8) is 0 Å². The quantitative estimate of drug-likeness (QED) is 0.814. The van der Waals surface area contributed by atoms with E-state index in [2.05, 4.69) is 40.8 Å². The van der Waals surface area contributed by atoms with Crippen LogP contribution in [-0.4, -0.2) is 48.1 Å². The molecule has 4 heteroatoms. The molecule has 1 aromatic rings. The molecule has 1 aliphatic heterocycles. The highest BCUT2D eigenvalue weighted by molar-refractivity contribution is 5.47. The average Bonchev–Trinajstić information content (AvgIpc) is 2.81. The lowest BCUT2D eigenvalue weighted by molar-refractivity contribution is 0.315.